The van der Waals surface area contributed by atoms with Crippen molar-refractivity contribution in [1.29, 1.82) is 0 Å². The lowest BCUT2D eigenvalue weighted by atomic mass is 9.47. The van der Waals surface area contributed by atoms with Gasteiger partial charge in [0.05, 0.1) is 0 Å². The summed E-state index contributed by atoms with van der Waals surface area (Å²) in [6.45, 7) is 39.2. The van der Waals surface area contributed by atoms with Gasteiger partial charge in [-0.1, -0.05) is 226 Å². The number of hydrogen-bond acceptors (Lipinski definition) is 16. The fraction of sp³-hybridized carbons (Fsp3) is 0.735. The molecular weight excluding hydrogens is 1670 g/mol. The maximum Gasteiger partial charge on any atom is 0.123 e. The van der Waals surface area contributed by atoms with Crippen LogP contribution in [-0.2, 0) is 65.2 Å². The summed E-state index contributed by atoms with van der Waals surface area (Å²) in [6.07, 6.45) is 34.1. The third kappa shape index (κ3) is 28.1. The van der Waals surface area contributed by atoms with Crippen LogP contribution in [-0.4, -0.2) is 255 Å². The van der Waals surface area contributed by atoms with Crippen LogP contribution in [0.5, 0.6) is 28.7 Å². The molecule has 9 saturated carbocycles. The Hall–Kier alpha value is -5.02. The first kappa shape index (κ1) is 109. The van der Waals surface area contributed by atoms with Gasteiger partial charge >= 0.3 is 0 Å². The Morgan fingerprint density at radius 3 is 0.869 bits per heavy atom. The average molecular weight is 1860 g/mol. The normalized spacial score (nSPS) is 25.8. The molecule has 16 nitrogen and oxygen atoms in total. The first-order valence-corrected chi connectivity index (χ1v) is 51.7. The van der Waals surface area contributed by atoms with E-state index in [1.807, 2.05) is 31.2 Å². The van der Waals surface area contributed by atoms with Gasteiger partial charge in [0.15, 0.2) is 0 Å². The third-order valence-corrected chi connectivity index (χ3v) is 32.5. The molecule has 734 valence electrons. The fourth-order valence-corrected chi connectivity index (χ4v) is 25.2. The number of para-hydroxylation sites is 1. The molecule has 0 amide bonds. The van der Waals surface area contributed by atoms with Crippen molar-refractivity contribution < 1.29 is 25.5 Å². The minimum atomic E-state index is -0.0829. The van der Waals surface area contributed by atoms with Crippen molar-refractivity contribution in [3.8, 4) is 28.7 Å². The minimum Gasteiger partial charge on any atom is -0.507 e. The second kappa shape index (κ2) is 46.0. The molecule has 0 radical (unpaired) electrons. The minimum absolute atomic E-state index is 0.0675. The number of likely N-dealkylation sites (N-methyl/N-ethyl adjacent to an activating group) is 10. The Balaban J connectivity index is 0.000000185. The van der Waals surface area contributed by atoms with Gasteiger partial charge in [0.25, 0.3) is 0 Å². The molecule has 10 atom stereocenters. The first-order valence-electron chi connectivity index (χ1n) is 50.9. The highest BCUT2D eigenvalue weighted by Gasteiger charge is 2.53. The lowest BCUT2D eigenvalue weighted by Gasteiger charge is -2.57. The number of hydrogen-bond donors (Lipinski definition) is 5. The van der Waals surface area contributed by atoms with Gasteiger partial charge < -0.3 is 54.9 Å². The molecule has 17 heteroatoms. The van der Waals surface area contributed by atoms with Gasteiger partial charge in [0.1, 0.15) is 28.7 Å². The fourth-order valence-electron chi connectivity index (χ4n) is 24.7. The van der Waals surface area contributed by atoms with Crippen LogP contribution in [0.2, 0.25) is 0 Å². The number of benzene rings is 5. The Morgan fingerprint density at radius 1 is 0.300 bits per heavy atom. The second-order valence-corrected chi connectivity index (χ2v) is 49.9. The van der Waals surface area contributed by atoms with E-state index in [0.717, 1.165) is 105 Å². The highest BCUT2D eigenvalue weighted by Crippen LogP contribution is 2.63. The van der Waals surface area contributed by atoms with Crippen LogP contribution in [0.1, 0.15) is 338 Å². The van der Waals surface area contributed by atoms with E-state index >= 15 is 0 Å². The summed E-state index contributed by atoms with van der Waals surface area (Å²) in [5.74, 6) is 5.17. The Bertz CT molecular complexity index is 4350. The molecule has 9 aliphatic rings. The number of nitrogens with zero attached hydrogens (tertiary/aromatic N) is 11. The van der Waals surface area contributed by atoms with Crippen LogP contribution >= 0.6 is 15.9 Å². The number of aryl methyl sites for hydroxylation is 1. The number of phenolic OH excluding ortho intramolecular Hbond substituents is 5. The van der Waals surface area contributed by atoms with E-state index in [1.165, 1.54) is 189 Å². The zero-order chi connectivity index (χ0) is 96.5. The lowest BCUT2D eigenvalue weighted by molar-refractivity contribution is -0.00631. The predicted octanol–water partition coefficient (Wildman–Crippen LogP) is 23.6. The molecule has 4 bridgehead atoms. The summed E-state index contributed by atoms with van der Waals surface area (Å²) in [5, 5.41) is 54.9. The third-order valence-electron chi connectivity index (χ3n) is 32.0. The molecule has 5 aromatic carbocycles. The molecule has 130 heavy (non-hydrogen) atoms. The van der Waals surface area contributed by atoms with Crippen LogP contribution < -0.4 is 4.90 Å². The zero-order valence-electron chi connectivity index (χ0n) is 88.8. The quantitative estimate of drug-likeness (QED) is 0.0449. The summed E-state index contributed by atoms with van der Waals surface area (Å²) >= 11 is 3.62. The highest BCUT2D eigenvalue weighted by molar-refractivity contribution is 9.10. The maximum atomic E-state index is 11.8. The Kier molecular flexibility index (Phi) is 38.4. The molecule has 5 N–H and O–H groups in total. The summed E-state index contributed by atoms with van der Waals surface area (Å²) in [6, 6.07) is 29.4. The predicted molar refractivity (Wildman–Crippen MR) is 557 cm³/mol. The highest BCUT2D eigenvalue weighted by atomic mass is 79.9. The summed E-state index contributed by atoms with van der Waals surface area (Å²) in [5.41, 5.74) is 14.7. The van der Waals surface area contributed by atoms with Crippen LogP contribution in [0.15, 0.2) is 71.2 Å². The smallest absolute Gasteiger partial charge is 0.123 e. The molecule has 14 rings (SSSR count). The van der Waals surface area contributed by atoms with E-state index in [0.29, 0.717) is 89.2 Å². The average Bonchev–Trinajstić information content (AvgIpc) is 0.721. The molecule has 0 spiro atoms. The first-order chi connectivity index (χ1) is 60.5. The van der Waals surface area contributed by atoms with Crippen molar-refractivity contribution in [1.82, 2.24) is 49.0 Å². The molecule has 9 aliphatic carbocycles. The van der Waals surface area contributed by atoms with Gasteiger partial charge in [-0.15, -0.1) is 0 Å². The topological polar surface area (TPSA) is 137 Å². The van der Waals surface area contributed by atoms with E-state index in [-0.39, 0.29) is 32.5 Å². The Morgan fingerprint density at radius 2 is 0.569 bits per heavy atom. The number of halogens is 1. The van der Waals surface area contributed by atoms with Crippen molar-refractivity contribution in [2.24, 2.45) is 17.8 Å². The number of phenols is 5. The van der Waals surface area contributed by atoms with E-state index in [1.54, 1.807) is 0 Å². The van der Waals surface area contributed by atoms with E-state index < -0.39 is 0 Å². The van der Waals surface area contributed by atoms with Gasteiger partial charge in [-0.25, -0.2) is 0 Å². The monoisotopic (exact) mass is 1860 g/mol. The van der Waals surface area contributed by atoms with Crippen LogP contribution in [0.25, 0.3) is 0 Å². The molecule has 0 heterocycles. The van der Waals surface area contributed by atoms with Crippen LogP contribution in [0, 0.1) is 24.7 Å². The van der Waals surface area contributed by atoms with Crippen LogP contribution in [0.3, 0.4) is 0 Å². The molecule has 0 unspecified atom stereocenters. The van der Waals surface area contributed by atoms with Crippen LogP contribution in [0.4, 0.5) is 5.69 Å². The van der Waals surface area contributed by atoms with Gasteiger partial charge in [-0.2, -0.15) is 0 Å². The van der Waals surface area contributed by atoms with E-state index in [9.17, 15) is 25.5 Å². The molecule has 0 saturated heterocycles. The van der Waals surface area contributed by atoms with E-state index in [4.69, 9.17) is 0 Å². The molecule has 0 aliphatic heterocycles. The van der Waals surface area contributed by atoms with Gasteiger partial charge in [0.2, 0.25) is 0 Å². The summed E-state index contributed by atoms with van der Waals surface area (Å²) < 4.78 is 1.04. The molecule has 0 aromatic heterocycles. The number of rotatable bonds is 22. The van der Waals surface area contributed by atoms with Crippen molar-refractivity contribution >= 4 is 21.6 Å². The molecular formula is C113H190BrN11O5. The van der Waals surface area contributed by atoms with Crippen molar-refractivity contribution in [3.05, 3.63) is 138 Å². The standard InChI is InChI=1S/C30H48N2O.C24H42N2O.C22H39N3O.C20H33BrN2O.C17H28N2O/c1-29(2,3)24-14-23(19-32(6)27-10-8-7-9-26(27)31(4)5)28(33)25(15-24)30-16-20-11-21(17-30)13-22(12-20)18-30;1-23(2,3)18-14-17(22(27)19(15-18)24(4,5)6)16-26(9)21-13-11-10-12-20(21)25(7)8;1-22(2,3)18-14-17(23(4)5)13-16(21(18)26)15-25(8)20-12-10-9-11-19(20)24(6)7;1-20(2,3)16-12-15(21)11-14(19(16)24)13-23(6)18-10-8-7-9-17(18)22(4)5;1-13-8-7-9-14(17(13)20)12-19(4)16-11-6-5-10-15(16)18(2)3/h14-15,20-22,26-27,33H,7-13,16-19H2,1-6H3;14-15,20-21,27H,10-13,16H2,1-9H3;13-14,19-20,26H,9-12,15H2,1-8H3;11-12,17-18,24H,7-10,13H2,1-6H3;7-9,15-16,20H,5-6,10-12H2,1-4H3/t20?,21?,22?,26-,27-,30?;20-,21-;19-,20-;17-,18-;15-,16-/m11111/s1. The maximum absolute atomic E-state index is 11.8. The van der Waals surface area contributed by atoms with Crippen molar-refractivity contribution in [2.75, 3.05) is 125 Å². The largest absolute Gasteiger partial charge is 0.507 e. The van der Waals surface area contributed by atoms with Gasteiger partial charge in [-0.05, 0) is 312 Å². The van der Waals surface area contributed by atoms with Gasteiger partial charge in [0, 0.05) is 162 Å². The lowest BCUT2D eigenvalue weighted by Crippen LogP contribution is -2.49. The number of anilines is 1. The molecule has 5 aromatic rings. The summed E-state index contributed by atoms with van der Waals surface area (Å²) in [7, 11) is 37.2. The SMILES string of the molecule is CN(C)[C@@H]1CCCC[C@H]1N(C)Cc1cc(Br)cc(C(C)(C)C)c1O.CN(C)[C@@H]1CCCC[C@H]1N(C)Cc1cc(C(C)(C)C)cc(C(C)(C)C)c1O.CN(C)[C@@H]1CCCC[C@H]1N(C)Cc1cc(C(C)(C)C)cc(C23CC4CC(CC(C4)C2)C3)c1O.CN(C)c1cc(CN(C)[C@@H]2CCCC[C@H]2N(C)C)c(O)c(C(C)(C)C)c1.Cc1cccc(CN(C)[C@@H]2CCCC[C@H]2N(C)C)c1O. The number of aromatic hydroxyl groups is 5. The van der Waals surface area contributed by atoms with Gasteiger partial charge in [-0.3, -0.25) is 24.5 Å². The molecule has 9 fully saturated rings. The van der Waals surface area contributed by atoms with Crippen molar-refractivity contribution in [2.45, 2.75) is 403 Å². The van der Waals surface area contributed by atoms with E-state index in [2.05, 4.69) is 336 Å². The second-order valence-electron chi connectivity index (χ2n) is 48.9. The summed E-state index contributed by atoms with van der Waals surface area (Å²) in [4.78, 5) is 26.3. The zero-order valence-corrected chi connectivity index (χ0v) is 90.4. The Labute approximate surface area is 803 Å². The van der Waals surface area contributed by atoms with Crippen molar-refractivity contribution in [3.63, 3.8) is 0 Å².